The molecule has 2 aliphatic carbocycles. The third kappa shape index (κ3) is 5.34. The first-order valence-electron chi connectivity index (χ1n) is 10.4. The molecule has 0 heterocycles. The molecule has 3 rings (SSSR count). The second-order valence-corrected chi connectivity index (χ2v) is 11.6. The first-order valence-corrected chi connectivity index (χ1v) is 11.9. The van der Waals surface area contributed by atoms with Crippen LogP contribution in [0.3, 0.4) is 0 Å². The lowest BCUT2D eigenvalue weighted by Gasteiger charge is -2.35. The van der Waals surface area contributed by atoms with E-state index in [1.54, 1.807) is 0 Å². The Balaban J connectivity index is 1.76. The van der Waals surface area contributed by atoms with Gasteiger partial charge in [-0.2, -0.15) is 0 Å². The molecule has 0 aromatic heterocycles. The van der Waals surface area contributed by atoms with Crippen molar-refractivity contribution in [2.45, 2.75) is 102 Å². The highest BCUT2D eigenvalue weighted by molar-refractivity contribution is 7.64. The molecule has 1 heteroatoms. The molecule has 0 spiro atoms. The second kappa shape index (κ2) is 8.73. The molecule has 0 radical (unpaired) electrons. The highest BCUT2D eigenvalue weighted by Gasteiger charge is 2.30. The molecule has 25 heavy (non-hydrogen) atoms. The monoisotopic (exact) mass is 354 g/mol. The fourth-order valence-corrected chi connectivity index (χ4v) is 7.44. The maximum absolute atomic E-state index is 3.85. The lowest BCUT2D eigenvalue weighted by Crippen LogP contribution is -2.19. The minimum absolute atomic E-state index is 0.112. The van der Waals surface area contributed by atoms with E-state index in [0.29, 0.717) is 0 Å². The molecule has 1 aromatic rings. The summed E-state index contributed by atoms with van der Waals surface area (Å²) in [6.07, 6.45) is 14.4. The summed E-state index contributed by atoms with van der Waals surface area (Å²) < 4.78 is 0. The topological polar surface area (TPSA) is 0 Å². The molecule has 0 unspecified atom stereocenters. The first kappa shape index (κ1) is 19.0. The Labute approximate surface area is 156 Å². The van der Waals surface area contributed by atoms with E-state index in [1.165, 1.54) is 75.3 Å². The minimum Gasteiger partial charge on any atom is -0.0707 e. The molecular formula is C24H35P. The zero-order valence-corrected chi connectivity index (χ0v) is 17.4. The van der Waals surface area contributed by atoms with Gasteiger partial charge in [-0.25, -0.2) is 0 Å². The molecule has 0 aliphatic heterocycles. The summed E-state index contributed by atoms with van der Waals surface area (Å²) in [6, 6.07) is 9.02. The summed E-state index contributed by atoms with van der Waals surface area (Å²) in [4.78, 5) is 0. The van der Waals surface area contributed by atoms with E-state index in [1.807, 2.05) is 0 Å². The fourth-order valence-electron chi connectivity index (χ4n) is 4.38. The van der Waals surface area contributed by atoms with Gasteiger partial charge in [0.15, 0.2) is 0 Å². The minimum atomic E-state index is -0.112. The van der Waals surface area contributed by atoms with E-state index >= 15 is 0 Å². The van der Waals surface area contributed by atoms with Gasteiger partial charge >= 0.3 is 0 Å². The van der Waals surface area contributed by atoms with Gasteiger partial charge in [-0.1, -0.05) is 83.0 Å². The smallest absolute Gasteiger partial charge is 0.0248 e. The van der Waals surface area contributed by atoms with Crippen LogP contribution < -0.4 is 0 Å². The highest BCUT2D eigenvalue weighted by atomic mass is 31.1. The Morgan fingerprint density at radius 3 is 1.68 bits per heavy atom. The predicted octanol–water partition coefficient (Wildman–Crippen LogP) is 7.44. The zero-order chi connectivity index (χ0) is 17.7. The Kier molecular flexibility index (Phi) is 6.63. The fraction of sp³-hybridized carbons (Fsp3) is 0.667. The lowest BCUT2D eigenvalue weighted by molar-refractivity contribution is 0.487. The van der Waals surface area contributed by atoms with Crippen LogP contribution in [0.5, 0.6) is 0 Å². The van der Waals surface area contributed by atoms with Crippen LogP contribution in [0.4, 0.5) is 0 Å². The van der Waals surface area contributed by atoms with Crippen LogP contribution in [-0.4, -0.2) is 11.3 Å². The maximum Gasteiger partial charge on any atom is 0.0248 e. The maximum atomic E-state index is 3.85. The SMILES string of the molecule is CC(C)(C)c1ccc(C#CP(C2CCCCC2)C2CCCCC2)cc1. The van der Waals surface area contributed by atoms with Crippen molar-refractivity contribution >= 4 is 7.92 Å². The summed E-state index contributed by atoms with van der Waals surface area (Å²) >= 11 is 0. The van der Waals surface area contributed by atoms with E-state index in [2.05, 4.69) is 56.6 Å². The van der Waals surface area contributed by atoms with Gasteiger partial charge in [0.1, 0.15) is 0 Å². The van der Waals surface area contributed by atoms with Crippen molar-refractivity contribution in [1.82, 2.24) is 0 Å². The van der Waals surface area contributed by atoms with Gasteiger partial charge in [-0.3, -0.25) is 0 Å². The molecule has 136 valence electrons. The van der Waals surface area contributed by atoms with Crippen molar-refractivity contribution in [3.05, 3.63) is 35.4 Å². The Morgan fingerprint density at radius 1 is 0.760 bits per heavy atom. The molecule has 0 nitrogen and oxygen atoms in total. The summed E-state index contributed by atoms with van der Waals surface area (Å²) in [5.41, 5.74) is 8.54. The standard InChI is InChI=1S/C24H35P/c1-24(2,3)21-16-14-20(15-17-21)18-19-25(22-10-6-4-7-11-22)23-12-8-5-9-13-23/h14-17,22-23H,4-13H2,1-3H3. The normalized spacial score (nSPS) is 20.3. The Morgan fingerprint density at radius 2 is 1.24 bits per heavy atom. The molecule has 2 aliphatic rings. The van der Waals surface area contributed by atoms with Crippen LogP contribution >= 0.6 is 7.92 Å². The molecule has 1 aromatic carbocycles. The van der Waals surface area contributed by atoms with Gasteiger partial charge in [0.2, 0.25) is 0 Å². The molecule has 0 N–H and O–H groups in total. The quantitative estimate of drug-likeness (QED) is 0.382. The van der Waals surface area contributed by atoms with E-state index < -0.39 is 0 Å². The number of hydrogen-bond acceptors (Lipinski definition) is 0. The van der Waals surface area contributed by atoms with Gasteiger partial charge in [0, 0.05) is 5.56 Å². The molecule has 0 saturated heterocycles. The number of rotatable bonds is 2. The van der Waals surface area contributed by atoms with Gasteiger partial charge in [0.25, 0.3) is 0 Å². The third-order valence-corrected chi connectivity index (χ3v) is 8.99. The van der Waals surface area contributed by atoms with E-state index in [-0.39, 0.29) is 13.3 Å². The van der Waals surface area contributed by atoms with E-state index in [9.17, 15) is 0 Å². The Bertz CT molecular complexity index is 566. The average Bonchev–Trinajstić information content (AvgIpc) is 2.63. The van der Waals surface area contributed by atoms with Crippen LogP contribution in [0.1, 0.15) is 96.1 Å². The number of hydrogen-bond donors (Lipinski definition) is 0. The molecule has 0 amide bonds. The predicted molar refractivity (Wildman–Crippen MR) is 113 cm³/mol. The summed E-state index contributed by atoms with van der Waals surface area (Å²) in [5.74, 6) is 3.60. The van der Waals surface area contributed by atoms with Crippen LogP contribution in [-0.2, 0) is 5.41 Å². The second-order valence-electron chi connectivity index (χ2n) is 9.06. The van der Waals surface area contributed by atoms with Crippen molar-refractivity contribution < 1.29 is 0 Å². The van der Waals surface area contributed by atoms with E-state index in [4.69, 9.17) is 0 Å². The molecule has 0 atom stereocenters. The van der Waals surface area contributed by atoms with Gasteiger partial charge in [-0.05, 0) is 68.0 Å². The van der Waals surface area contributed by atoms with Crippen molar-refractivity contribution in [2.75, 3.05) is 0 Å². The molecular weight excluding hydrogens is 319 g/mol. The van der Waals surface area contributed by atoms with Crippen LogP contribution in [0, 0.1) is 11.6 Å². The highest BCUT2D eigenvalue weighted by Crippen LogP contribution is 2.54. The summed E-state index contributed by atoms with van der Waals surface area (Å²) in [5, 5.41) is 0. The van der Waals surface area contributed by atoms with Gasteiger partial charge in [0.05, 0.1) is 0 Å². The third-order valence-electron chi connectivity index (χ3n) is 6.02. The van der Waals surface area contributed by atoms with Crippen molar-refractivity contribution in [1.29, 1.82) is 0 Å². The zero-order valence-electron chi connectivity index (χ0n) is 16.5. The van der Waals surface area contributed by atoms with Crippen LogP contribution in [0.2, 0.25) is 0 Å². The van der Waals surface area contributed by atoms with Crippen LogP contribution in [0.25, 0.3) is 0 Å². The molecule has 2 saturated carbocycles. The van der Waals surface area contributed by atoms with Crippen molar-refractivity contribution in [3.8, 4) is 11.6 Å². The van der Waals surface area contributed by atoms with Crippen LogP contribution in [0.15, 0.2) is 24.3 Å². The largest absolute Gasteiger partial charge is 0.0707 e. The van der Waals surface area contributed by atoms with E-state index in [0.717, 1.165) is 11.3 Å². The summed E-state index contributed by atoms with van der Waals surface area (Å²) in [6.45, 7) is 6.83. The summed E-state index contributed by atoms with van der Waals surface area (Å²) in [7, 11) is -0.112. The molecule has 2 fully saturated rings. The van der Waals surface area contributed by atoms with Crippen molar-refractivity contribution in [3.63, 3.8) is 0 Å². The van der Waals surface area contributed by atoms with Gasteiger partial charge < -0.3 is 0 Å². The lowest BCUT2D eigenvalue weighted by atomic mass is 9.87. The van der Waals surface area contributed by atoms with Gasteiger partial charge in [-0.15, -0.1) is 0 Å². The number of benzene rings is 1. The Hall–Kier alpha value is -0.790. The first-order chi connectivity index (χ1) is 12.0. The average molecular weight is 355 g/mol. The molecule has 0 bridgehead atoms. The van der Waals surface area contributed by atoms with Crippen molar-refractivity contribution in [2.24, 2.45) is 0 Å².